The Bertz CT molecular complexity index is 203. The van der Waals surface area contributed by atoms with E-state index in [1.165, 1.54) is 0 Å². The molecule has 15 heavy (non-hydrogen) atoms. The first kappa shape index (κ1) is 24.4. The van der Waals surface area contributed by atoms with Crippen LogP contribution in [0.4, 0.5) is 0 Å². The molecule has 0 radical (unpaired) electrons. The number of carboxylic acid groups (broad SMARTS) is 3. The molecular weight excluding hydrogens is 189 g/mol. The van der Waals surface area contributed by atoms with Crippen LogP contribution in [0.5, 0.6) is 0 Å². The van der Waals surface area contributed by atoms with E-state index in [-0.39, 0.29) is 56.6 Å². The molecule has 6 nitrogen and oxygen atoms in total. The molecule has 0 rings (SSSR count). The van der Waals surface area contributed by atoms with E-state index >= 15 is 0 Å². The standard InChI is InChI=1S/C6H8O6.3Li.3H/c7-4(8)1-3(6(11)12)2-5(9)10;;;;;;/h3H,1-2H2,(H,7,8)(H,9,10)(H,11,12);;;;;;. The molecule has 0 aliphatic rings. The van der Waals surface area contributed by atoms with Gasteiger partial charge < -0.3 is 15.3 Å². The summed E-state index contributed by atoms with van der Waals surface area (Å²) < 4.78 is 0. The summed E-state index contributed by atoms with van der Waals surface area (Å²) in [5, 5.41) is 24.7. The van der Waals surface area contributed by atoms with Crippen LogP contribution in [0.25, 0.3) is 0 Å². The molecule has 3 N–H and O–H groups in total. The van der Waals surface area contributed by atoms with Crippen LogP contribution in [0.3, 0.4) is 0 Å². The molecule has 74 valence electrons. The Kier molecular flexibility index (Phi) is 20.0. The summed E-state index contributed by atoms with van der Waals surface area (Å²) in [7, 11) is 0. The van der Waals surface area contributed by atoms with Crippen molar-refractivity contribution in [1.29, 1.82) is 0 Å². The van der Waals surface area contributed by atoms with E-state index < -0.39 is 36.7 Å². The predicted octanol–water partition coefficient (Wildman–Crippen LogP) is -2.31. The van der Waals surface area contributed by atoms with Crippen LogP contribution in [-0.4, -0.2) is 89.8 Å². The van der Waals surface area contributed by atoms with Crippen LogP contribution in [-0.2, 0) is 14.4 Å². The Morgan fingerprint density at radius 2 is 1.07 bits per heavy atom. The fourth-order valence-electron chi connectivity index (χ4n) is 0.668. The molecule has 0 aromatic carbocycles. The maximum atomic E-state index is 10.2. The van der Waals surface area contributed by atoms with Gasteiger partial charge in [0.1, 0.15) is 0 Å². The van der Waals surface area contributed by atoms with Gasteiger partial charge in [0.25, 0.3) is 0 Å². The minimum absolute atomic E-state index is 0. The molecule has 0 fully saturated rings. The van der Waals surface area contributed by atoms with Crippen LogP contribution in [0.1, 0.15) is 12.8 Å². The average molecular weight is 200 g/mol. The Balaban J connectivity index is -0.000000202. The molecule has 0 unspecified atom stereocenters. The van der Waals surface area contributed by atoms with E-state index in [4.69, 9.17) is 15.3 Å². The molecular formula is C6H11Li3O6. The van der Waals surface area contributed by atoms with Gasteiger partial charge in [-0.1, -0.05) is 0 Å². The molecule has 0 bridgehead atoms. The summed E-state index contributed by atoms with van der Waals surface area (Å²) in [6.45, 7) is 0. The Hall–Kier alpha value is 0.202. The van der Waals surface area contributed by atoms with Crippen molar-refractivity contribution in [3.05, 3.63) is 0 Å². The maximum absolute atomic E-state index is 10.2. The molecule has 0 atom stereocenters. The van der Waals surface area contributed by atoms with E-state index in [1.54, 1.807) is 0 Å². The van der Waals surface area contributed by atoms with Gasteiger partial charge in [0.15, 0.2) is 0 Å². The summed E-state index contributed by atoms with van der Waals surface area (Å²) in [6.07, 6.45) is -1.33. The zero-order valence-corrected chi connectivity index (χ0v) is 6.06. The van der Waals surface area contributed by atoms with Crippen molar-refractivity contribution in [1.82, 2.24) is 0 Å². The Morgan fingerprint density at radius 3 is 1.20 bits per heavy atom. The second-order valence-electron chi connectivity index (χ2n) is 2.23. The zero-order valence-electron chi connectivity index (χ0n) is 6.06. The summed E-state index contributed by atoms with van der Waals surface area (Å²) in [5.41, 5.74) is 0. The van der Waals surface area contributed by atoms with Crippen LogP contribution in [0.2, 0.25) is 0 Å². The second kappa shape index (κ2) is 12.3. The van der Waals surface area contributed by atoms with Crippen molar-refractivity contribution in [3.63, 3.8) is 0 Å². The third kappa shape index (κ3) is 14.2. The minimum atomic E-state index is -1.40. The monoisotopic (exact) mass is 200 g/mol. The molecule has 0 aliphatic heterocycles. The Labute approximate surface area is 122 Å². The quantitative estimate of drug-likeness (QED) is 0.430. The number of carbonyl (C=O) groups is 3. The first-order valence-corrected chi connectivity index (χ1v) is 3.10. The van der Waals surface area contributed by atoms with E-state index in [2.05, 4.69) is 0 Å². The van der Waals surface area contributed by atoms with Crippen LogP contribution in [0, 0.1) is 5.92 Å². The van der Waals surface area contributed by atoms with Crippen molar-refractivity contribution in [2.24, 2.45) is 5.92 Å². The van der Waals surface area contributed by atoms with E-state index in [9.17, 15) is 14.4 Å². The molecule has 0 aliphatic carbocycles. The van der Waals surface area contributed by atoms with Crippen LogP contribution in [0.15, 0.2) is 0 Å². The van der Waals surface area contributed by atoms with E-state index in [0.717, 1.165) is 0 Å². The van der Waals surface area contributed by atoms with Gasteiger partial charge >= 0.3 is 74.5 Å². The van der Waals surface area contributed by atoms with Crippen molar-refractivity contribution < 1.29 is 29.7 Å². The first-order valence-electron chi connectivity index (χ1n) is 3.10. The number of aliphatic carboxylic acids is 3. The van der Waals surface area contributed by atoms with Crippen molar-refractivity contribution >= 4 is 74.5 Å². The van der Waals surface area contributed by atoms with E-state index in [0.29, 0.717) is 0 Å². The average Bonchev–Trinajstić information content (AvgIpc) is 1.83. The molecule has 0 spiro atoms. The topological polar surface area (TPSA) is 112 Å². The summed E-state index contributed by atoms with van der Waals surface area (Å²) in [5.74, 6) is -5.38. The Morgan fingerprint density at radius 1 is 0.800 bits per heavy atom. The van der Waals surface area contributed by atoms with Gasteiger partial charge in [-0.05, 0) is 0 Å². The van der Waals surface area contributed by atoms with Gasteiger partial charge in [-0.2, -0.15) is 0 Å². The zero-order chi connectivity index (χ0) is 9.72. The van der Waals surface area contributed by atoms with Crippen molar-refractivity contribution in [2.45, 2.75) is 12.8 Å². The van der Waals surface area contributed by atoms with Crippen LogP contribution < -0.4 is 0 Å². The van der Waals surface area contributed by atoms with Gasteiger partial charge in [0, 0.05) is 0 Å². The second-order valence-corrected chi connectivity index (χ2v) is 2.23. The molecule has 0 heterocycles. The molecule has 0 aromatic heterocycles. The third-order valence-electron chi connectivity index (χ3n) is 1.19. The van der Waals surface area contributed by atoms with Crippen molar-refractivity contribution in [2.75, 3.05) is 0 Å². The molecule has 0 saturated heterocycles. The number of hydrogen-bond acceptors (Lipinski definition) is 3. The van der Waals surface area contributed by atoms with Gasteiger partial charge in [-0.15, -0.1) is 0 Å². The fraction of sp³-hybridized carbons (Fsp3) is 0.500. The SMILES string of the molecule is O=C(O)CC(CC(=O)O)C(=O)O.[LiH].[LiH].[LiH]. The first-order chi connectivity index (χ1) is 5.43. The van der Waals surface area contributed by atoms with Crippen LogP contribution >= 0.6 is 0 Å². The fourth-order valence-corrected chi connectivity index (χ4v) is 0.668. The van der Waals surface area contributed by atoms with Gasteiger partial charge in [-0.3, -0.25) is 14.4 Å². The summed E-state index contributed by atoms with van der Waals surface area (Å²) >= 11 is 0. The molecule has 0 saturated carbocycles. The van der Waals surface area contributed by atoms with Crippen molar-refractivity contribution in [3.8, 4) is 0 Å². The van der Waals surface area contributed by atoms with E-state index in [1.807, 2.05) is 0 Å². The molecule has 0 amide bonds. The van der Waals surface area contributed by atoms with Gasteiger partial charge in [0.2, 0.25) is 0 Å². The number of rotatable bonds is 5. The normalized spacial score (nSPS) is 7.80. The number of carboxylic acids is 3. The number of hydrogen-bond donors (Lipinski definition) is 3. The van der Waals surface area contributed by atoms with Gasteiger partial charge in [-0.25, -0.2) is 0 Å². The molecule has 9 heteroatoms. The van der Waals surface area contributed by atoms with Gasteiger partial charge in [0.05, 0.1) is 18.8 Å². The summed E-state index contributed by atoms with van der Waals surface area (Å²) in [4.78, 5) is 30.3. The predicted molar refractivity (Wildman–Crippen MR) is 57.1 cm³/mol. The summed E-state index contributed by atoms with van der Waals surface area (Å²) in [6, 6.07) is 0. The molecule has 0 aromatic rings. The third-order valence-corrected chi connectivity index (χ3v) is 1.19.